The van der Waals surface area contributed by atoms with Crippen molar-refractivity contribution in [3.63, 3.8) is 0 Å². The van der Waals surface area contributed by atoms with E-state index in [0.29, 0.717) is 5.92 Å². The molecule has 244 valence electrons. The van der Waals surface area contributed by atoms with Gasteiger partial charge in [0.1, 0.15) is 0 Å². The van der Waals surface area contributed by atoms with Gasteiger partial charge in [-0.05, 0) is 36.1 Å². The quantitative estimate of drug-likeness (QED) is 0.199. The number of allylic oxidation sites excluding steroid dienone is 8. The van der Waals surface area contributed by atoms with Gasteiger partial charge in [-0.3, -0.25) is 6.08 Å². The van der Waals surface area contributed by atoms with Gasteiger partial charge in [-0.15, -0.1) is 46.7 Å². The summed E-state index contributed by atoms with van der Waals surface area (Å²) >= 11 is 1.46. The summed E-state index contributed by atoms with van der Waals surface area (Å²) in [6, 6.07) is 33.2. The second-order valence-electron chi connectivity index (χ2n) is 14.3. The first-order chi connectivity index (χ1) is 21.8. The molecule has 5 aromatic carbocycles. The van der Waals surface area contributed by atoms with E-state index >= 15 is 0 Å². The van der Waals surface area contributed by atoms with Crippen LogP contribution in [0.25, 0.3) is 32.7 Å². The van der Waals surface area contributed by atoms with Crippen LogP contribution >= 0.6 is 0 Å². The molecule has 0 bridgehead atoms. The molecule has 8 rings (SSSR count). The molecule has 5 aromatic rings. The Morgan fingerprint density at radius 2 is 1.08 bits per heavy atom. The van der Waals surface area contributed by atoms with E-state index in [1.54, 1.807) is 0 Å². The molecule has 0 spiro atoms. The average Bonchev–Trinajstić information content (AvgIpc) is 3.72. The Hall–Kier alpha value is -2.96. The molecule has 0 aliphatic heterocycles. The van der Waals surface area contributed by atoms with E-state index in [1.165, 1.54) is 99.1 Å². The van der Waals surface area contributed by atoms with Crippen molar-refractivity contribution in [3.05, 3.63) is 160 Å². The van der Waals surface area contributed by atoms with E-state index in [1.807, 2.05) is 6.08 Å². The van der Waals surface area contributed by atoms with Crippen molar-refractivity contribution >= 4 is 35.9 Å². The summed E-state index contributed by atoms with van der Waals surface area (Å²) in [5.41, 5.74) is 12.9. The SMILES string of the molecule is CC1=CC(C)(C)c2cc3[cH-]c4cc5c(cc4c3cc21)C(C)=CC5(C)C.CC1=CC(C)[C-]=C1.[Cl-].[Cl-].[Zr+2]=[C](c1ccccc1)c1ccccc1. The third-order valence-corrected chi connectivity index (χ3v) is 11.0. The average molecular weight is 747 g/mol. The monoisotopic (exact) mass is 744 g/mol. The molecule has 1 unspecified atom stereocenters. The molecule has 0 nitrogen and oxygen atoms in total. The first-order valence-electron chi connectivity index (χ1n) is 16.4. The Morgan fingerprint density at radius 1 is 0.667 bits per heavy atom. The third-order valence-electron chi connectivity index (χ3n) is 9.59. The Balaban J connectivity index is 0.000000191. The van der Waals surface area contributed by atoms with E-state index in [4.69, 9.17) is 0 Å². The zero-order chi connectivity index (χ0) is 32.8. The van der Waals surface area contributed by atoms with E-state index in [0.717, 1.165) is 0 Å². The molecule has 0 saturated heterocycles. The van der Waals surface area contributed by atoms with E-state index in [9.17, 15) is 0 Å². The number of fused-ring (bicyclic) bond motifs is 5. The number of rotatable bonds is 2. The van der Waals surface area contributed by atoms with Crippen molar-refractivity contribution in [3.8, 4) is 0 Å². The van der Waals surface area contributed by atoms with Gasteiger partial charge in [0.2, 0.25) is 0 Å². The fourth-order valence-corrected chi connectivity index (χ4v) is 8.17. The van der Waals surface area contributed by atoms with Crippen molar-refractivity contribution < 1.29 is 49.0 Å². The molecular weight excluding hydrogens is 703 g/mol. The van der Waals surface area contributed by atoms with Gasteiger partial charge in [-0.1, -0.05) is 75.9 Å². The summed E-state index contributed by atoms with van der Waals surface area (Å²) in [4.78, 5) is 0. The zero-order valence-corrected chi connectivity index (χ0v) is 33.3. The van der Waals surface area contributed by atoms with Crippen molar-refractivity contribution in [2.45, 2.75) is 66.2 Å². The second-order valence-corrected chi connectivity index (χ2v) is 15.6. The fraction of sp³-hybridized carbons (Fsp3) is 0.244. The predicted molar refractivity (Wildman–Crippen MR) is 197 cm³/mol. The van der Waals surface area contributed by atoms with Gasteiger partial charge in [-0.25, -0.2) is 11.6 Å². The Bertz CT molecular complexity index is 1950. The summed E-state index contributed by atoms with van der Waals surface area (Å²) < 4.78 is 1.42. The molecule has 3 aliphatic rings. The summed E-state index contributed by atoms with van der Waals surface area (Å²) in [7, 11) is 0. The Morgan fingerprint density at radius 3 is 1.42 bits per heavy atom. The Labute approximate surface area is 315 Å². The van der Waals surface area contributed by atoms with Gasteiger partial charge in [0.25, 0.3) is 0 Å². The molecule has 0 heterocycles. The van der Waals surface area contributed by atoms with E-state index < -0.39 is 0 Å². The number of benzene rings is 4. The Kier molecular flexibility index (Phi) is 11.7. The molecule has 0 N–H and O–H groups in total. The fourth-order valence-electron chi connectivity index (χ4n) is 7.35. The maximum absolute atomic E-state index is 3.15. The van der Waals surface area contributed by atoms with Crippen LogP contribution in [0, 0.1) is 12.0 Å². The van der Waals surface area contributed by atoms with Gasteiger partial charge >= 0.3 is 99.2 Å². The topological polar surface area (TPSA) is 0 Å². The standard InChI is InChI=1S/C25H25.C13H10.C7H9.2ClH.Zr/c1-14-12-24(3,4)22-8-16-7-17-9-23-19(15(2)13-25(23,5)6)11-21(17)20(16)10-18(14)22;1-3-7-12(8-4-1)11-13-9-5-2-6-10-13;1-6-3-4-7(2)5-6;;;/h7-13H,1-6H3;1-10H;3,5,7H,1-2H3;2*1H;/q-1;;-1;;;+2/p-2. The van der Waals surface area contributed by atoms with Crippen LogP contribution in [-0.4, -0.2) is 3.21 Å². The number of hydrogen-bond donors (Lipinski definition) is 0. The van der Waals surface area contributed by atoms with Crippen LogP contribution in [0.1, 0.15) is 88.8 Å². The molecule has 0 amide bonds. The normalized spacial score (nSPS) is 17.4. The van der Waals surface area contributed by atoms with Gasteiger partial charge in [0.05, 0.1) is 0 Å². The first kappa shape index (κ1) is 37.9. The third kappa shape index (κ3) is 7.60. The van der Waals surface area contributed by atoms with Gasteiger partial charge in [0.15, 0.2) is 0 Å². The van der Waals surface area contributed by atoms with Gasteiger partial charge in [-0.2, -0.15) is 6.08 Å². The van der Waals surface area contributed by atoms with Crippen LogP contribution in [0.3, 0.4) is 0 Å². The summed E-state index contributed by atoms with van der Waals surface area (Å²) in [6.07, 6.45) is 12.2. The predicted octanol–water partition coefficient (Wildman–Crippen LogP) is 5.85. The van der Waals surface area contributed by atoms with Crippen molar-refractivity contribution in [2.24, 2.45) is 5.92 Å². The molecule has 0 aromatic heterocycles. The van der Waals surface area contributed by atoms with E-state index in [-0.39, 0.29) is 35.6 Å². The van der Waals surface area contributed by atoms with Crippen LogP contribution in [0.15, 0.2) is 121 Å². The second kappa shape index (κ2) is 14.9. The van der Waals surface area contributed by atoms with Crippen LogP contribution in [0.2, 0.25) is 0 Å². The molecular formula is C45H44Cl2Zr-2. The van der Waals surface area contributed by atoms with Gasteiger partial charge < -0.3 is 24.8 Å². The minimum absolute atomic E-state index is 0. The summed E-state index contributed by atoms with van der Waals surface area (Å²) in [5, 5.41) is 5.57. The zero-order valence-electron chi connectivity index (χ0n) is 29.3. The van der Waals surface area contributed by atoms with Gasteiger partial charge in [0, 0.05) is 10.8 Å². The summed E-state index contributed by atoms with van der Waals surface area (Å²) in [5.74, 6) is 0.556. The molecule has 48 heavy (non-hydrogen) atoms. The molecule has 0 radical (unpaired) electrons. The van der Waals surface area contributed by atoms with Crippen molar-refractivity contribution in [1.82, 2.24) is 0 Å². The van der Waals surface area contributed by atoms with Crippen molar-refractivity contribution in [1.29, 1.82) is 0 Å². The van der Waals surface area contributed by atoms with E-state index in [2.05, 4.69) is 171 Å². The van der Waals surface area contributed by atoms with Crippen LogP contribution in [0.4, 0.5) is 0 Å². The molecule has 3 aliphatic carbocycles. The van der Waals surface area contributed by atoms with Crippen LogP contribution in [0.5, 0.6) is 0 Å². The minimum atomic E-state index is 0. The van der Waals surface area contributed by atoms with Crippen LogP contribution in [-0.2, 0) is 35.1 Å². The summed E-state index contributed by atoms with van der Waals surface area (Å²) in [6.45, 7) is 18.0. The molecule has 3 heteroatoms. The van der Waals surface area contributed by atoms with Crippen LogP contribution < -0.4 is 24.8 Å². The van der Waals surface area contributed by atoms with Crippen molar-refractivity contribution in [2.75, 3.05) is 0 Å². The number of hydrogen-bond acceptors (Lipinski definition) is 0. The molecule has 0 fully saturated rings. The molecule has 0 saturated carbocycles. The number of halogens is 2. The maximum atomic E-state index is 3.15. The molecule has 1 atom stereocenters. The first-order valence-corrected chi connectivity index (χ1v) is 17.7.